The Labute approximate surface area is 624 Å². The zero-order valence-electron chi connectivity index (χ0n) is 68.0. The zero-order valence-corrected chi connectivity index (χ0v) is 68.9. The lowest BCUT2D eigenvalue weighted by Crippen LogP contribution is -2.37. The van der Waals surface area contributed by atoms with Gasteiger partial charge in [0.1, 0.15) is 19.8 Å². The number of phosphoric ester groups is 1. The molecule has 0 heterocycles. The fraction of sp³-hybridized carbons (Fsp3) is 0.911. The van der Waals surface area contributed by atoms with E-state index in [0.29, 0.717) is 23.9 Å². The number of nitrogens with zero attached hydrogens (tertiary/aromatic N) is 1. The molecular formula is C90H175NO8P+. The second-order valence-electron chi connectivity index (χ2n) is 32.0. The first-order valence-corrected chi connectivity index (χ1v) is 46.2. The molecule has 0 saturated heterocycles. The van der Waals surface area contributed by atoms with Crippen LogP contribution in [0.5, 0.6) is 0 Å². The lowest BCUT2D eigenvalue weighted by atomic mass is 10.0. The van der Waals surface area contributed by atoms with E-state index >= 15 is 0 Å². The maximum absolute atomic E-state index is 12.9. The molecule has 0 radical (unpaired) electrons. The Morgan fingerprint density at radius 3 is 0.800 bits per heavy atom. The van der Waals surface area contributed by atoms with Gasteiger partial charge in [0.15, 0.2) is 6.10 Å². The summed E-state index contributed by atoms with van der Waals surface area (Å²) in [5, 5.41) is 0. The number of hydrogen-bond donors (Lipinski definition) is 1. The number of likely N-dealkylation sites (N-methyl/N-ethyl adjacent to an activating group) is 1. The Hall–Kier alpha value is -1.77. The number of carbonyl (C=O) groups excluding carboxylic acids is 2. The molecule has 592 valence electrons. The van der Waals surface area contributed by atoms with Crippen LogP contribution in [0.2, 0.25) is 0 Å². The quantitative estimate of drug-likeness (QED) is 0.0211. The Morgan fingerprint density at radius 1 is 0.310 bits per heavy atom. The topological polar surface area (TPSA) is 108 Å². The largest absolute Gasteiger partial charge is 0.472 e. The molecule has 2 atom stereocenters. The van der Waals surface area contributed by atoms with Gasteiger partial charge in [0, 0.05) is 12.8 Å². The molecule has 0 aromatic rings. The molecule has 2 unspecified atom stereocenters. The molecule has 0 saturated carbocycles. The fourth-order valence-corrected chi connectivity index (χ4v) is 14.6. The maximum Gasteiger partial charge on any atom is 0.472 e. The minimum Gasteiger partial charge on any atom is -0.462 e. The van der Waals surface area contributed by atoms with Crippen LogP contribution in [-0.2, 0) is 32.7 Å². The van der Waals surface area contributed by atoms with Gasteiger partial charge in [0.05, 0.1) is 27.7 Å². The van der Waals surface area contributed by atoms with Gasteiger partial charge in [-0.2, -0.15) is 0 Å². The van der Waals surface area contributed by atoms with Crippen LogP contribution < -0.4 is 0 Å². The summed E-state index contributed by atoms with van der Waals surface area (Å²) in [6.07, 6.45) is 108. The van der Waals surface area contributed by atoms with Crippen LogP contribution in [0.1, 0.15) is 476 Å². The molecule has 0 bridgehead atoms. The second kappa shape index (κ2) is 81.3. The van der Waals surface area contributed by atoms with E-state index in [0.717, 1.165) is 44.9 Å². The smallest absolute Gasteiger partial charge is 0.462 e. The van der Waals surface area contributed by atoms with Gasteiger partial charge in [-0.3, -0.25) is 18.6 Å². The number of allylic oxidation sites excluding steroid dienone is 6. The van der Waals surface area contributed by atoms with Gasteiger partial charge in [-0.25, -0.2) is 4.57 Å². The van der Waals surface area contributed by atoms with E-state index in [9.17, 15) is 19.0 Å². The minimum absolute atomic E-state index is 0.0357. The Morgan fingerprint density at radius 2 is 0.540 bits per heavy atom. The molecule has 0 aromatic carbocycles. The number of hydrogen-bond acceptors (Lipinski definition) is 7. The average Bonchev–Trinajstić information content (AvgIpc) is 1.02. The van der Waals surface area contributed by atoms with Crippen LogP contribution in [0.25, 0.3) is 0 Å². The van der Waals surface area contributed by atoms with Crippen LogP contribution in [-0.4, -0.2) is 74.9 Å². The Balaban J connectivity index is 3.84. The van der Waals surface area contributed by atoms with Gasteiger partial charge >= 0.3 is 19.8 Å². The molecule has 1 N–H and O–H groups in total. The summed E-state index contributed by atoms with van der Waals surface area (Å²) >= 11 is 0. The van der Waals surface area contributed by atoms with Crippen molar-refractivity contribution in [3.63, 3.8) is 0 Å². The molecule has 100 heavy (non-hydrogen) atoms. The van der Waals surface area contributed by atoms with Gasteiger partial charge in [-0.1, -0.05) is 448 Å². The molecule has 0 aliphatic heterocycles. The van der Waals surface area contributed by atoms with E-state index in [1.54, 1.807) is 0 Å². The van der Waals surface area contributed by atoms with Gasteiger partial charge in [-0.15, -0.1) is 0 Å². The monoisotopic (exact) mass is 1430 g/mol. The molecular weight excluding hydrogens is 1250 g/mol. The molecule has 0 amide bonds. The van der Waals surface area contributed by atoms with Crippen LogP contribution in [0.15, 0.2) is 36.5 Å². The van der Waals surface area contributed by atoms with E-state index in [4.69, 9.17) is 18.5 Å². The number of rotatable bonds is 85. The highest BCUT2D eigenvalue weighted by Gasteiger charge is 2.27. The van der Waals surface area contributed by atoms with Crippen molar-refractivity contribution in [1.29, 1.82) is 0 Å². The lowest BCUT2D eigenvalue weighted by molar-refractivity contribution is -0.870. The molecule has 10 heteroatoms. The van der Waals surface area contributed by atoms with Crippen molar-refractivity contribution in [2.45, 2.75) is 482 Å². The van der Waals surface area contributed by atoms with Crippen molar-refractivity contribution >= 4 is 19.8 Å². The number of carbonyl (C=O) groups is 2. The molecule has 0 aliphatic rings. The van der Waals surface area contributed by atoms with Gasteiger partial charge in [0.2, 0.25) is 0 Å². The normalized spacial score (nSPS) is 13.1. The minimum atomic E-state index is -4.39. The lowest BCUT2D eigenvalue weighted by Gasteiger charge is -2.24. The van der Waals surface area contributed by atoms with E-state index in [1.165, 1.54) is 398 Å². The van der Waals surface area contributed by atoms with Gasteiger partial charge in [0.25, 0.3) is 0 Å². The number of quaternary nitrogens is 1. The highest BCUT2D eigenvalue weighted by molar-refractivity contribution is 7.47. The van der Waals surface area contributed by atoms with Crippen LogP contribution in [0, 0.1) is 0 Å². The molecule has 0 spiro atoms. The standard InChI is InChI=1S/C90H174NO8P/c1-6-8-10-12-14-16-18-20-22-24-26-28-30-32-34-36-38-40-42-44-45-47-48-50-52-54-56-58-60-62-64-66-68-70-72-74-76-78-80-82-89(92)96-86-88(87-98-100(94,95)97-85-84-91(3,4)5)99-90(93)83-81-79-77-75-73-71-69-67-65-63-61-59-57-55-53-51-49-46-43-41-39-37-35-33-31-29-27-25-23-21-19-17-15-13-11-9-7-2/h19,21,25,27,31,33,88H,6-18,20,22-24,26,28-30,32,34-87H2,1-5H3/p+1/b21-19-,27-25-,33-31-. The third kappa shape index (κ3) is 85.2. The average molecular weight is 1430 g/mol. The third-order valence-electron chi connectivity index (χ3n) is 20.7. The number of unbranched alkanes of at least 4 members (excludes halogenated alkanes) is 65. The molecule has 0 fully saturated rings. The maximum atomic E-state index is 12.9. The summed E-state index contributed by atoms with van der Waals surface area (Å²) in [6, 6.07) is 0. The Kier molecular flexibility index (Phi) is 79.9. The number of ether oxygens (including phenoxy) is 2. The highest BCUT2D eigenvalue weighted by Crippen LogP contribution is 2.43. The summed E-state index contributed by atoms with van der Waals surface area (Å²) in [7, 11) is 1.51. The summed E-state index contributed by atoms with van der Waals surface area (Å²) in [5.74, 6) is -0.768. The van der Waals surface area contributed by atoms with E-state index in [2.05, 4.69) is 50.3 Å². The van der Waals surface area contributed by atoms with Gasteiger partial charge in [-0.05, 0) is 51.4 Å². The Bertz CT molecular complexity index is 1780. The van der Waals surface area contributed by atoms with E-state index < -0.39 is 26.5 Å². The summed E-state index contributed by atoms with van der Waals surface area (Å²) in [6.45, 7) is 4.52. The van der Waals surface area contributed by atoms with Crippen LogP contribution in [0.4, 0.5) is 0 Å². The highest BCUT2D eigenvalue weighted by atomic mass is 31.2. The number of esters is 2. The SMILES string of the molecule is CCCCCCC/C=C\C/C=C\C/C=C\CCCCCCCCCCCCCCCCCCCCCCCCC(=O)OC(COC(=O)CCCCCCCCCCCCCCCCCCCCCCCCCCCCCCCCCCCCCCCCC)COP(=O)(O)OCC[N+](C)(C)C. The van der Waals surface area contributed by atoms with Crippen LogP contribution in [0.3, 0.4) is 0 Å². The van der Waals surface area contributed by atoms with E-state index in [-0.39, 0.29) is 25.6 Å². The van der Waals surface area contributed by atoms with Crippen molar-refractivity contribution in [3.05, 3.63) is 36.5 Å². The number of phosphoric acid groups is 1. The summed E-state index contributed by atoms with van der Waals surface area (Å²) in [4.78, 5) is 36.1. The zero-order chi connectivity index (χ0) is 72.5. The van der Waals surface area contributed by atoms with Crippen molar-refractivity contribution in [2.75, 3.05) is 47.5 Å². The third-order valence-corrected chi connectivity index (χ3v) is 21.7. The first-order chi connectivity index (χ1) is 49.0. The predicted octanol–water partition coefficient (Wildman–Crippen LogP) is 30.1. The van der Waals surface area contributed by atoms with Crippen molar-refractivity contribution in [3.8, 4) is 0 Å². The first kappa shape index (κ1) is 98.2. The van der Waals surface area contributed by atoms with Crippen LogP contribution >= 0.6 is 7.82 Å². The molecule has 0 rings (SSSR count). The van der Waals surface area contributed by atoms with Crippen molar-refractivity contribution in [2.24, 2.45) is 0 Å². The summed E-state index contributed by atoms with van der Waals surface area (Å²) in [5.41, 5.74) is 0. The van der Waals surface area contributed by atoms with E-state index in [1.807, 2.05) is 21.1 Å². The molecule has 0 aromatic heterocycles. The van der Waals surface area contributed by atoms with Gasteiger partial charge < -0.3 is 18.9 Å². The van der Waals surface area contributed by atoms with Crippen molar-refractivity contribution < 1.29 is 42.1 Å². The second-order valence-corrected chi connectivity index (χ2v) is 33.5. The predicted molar refractivity (Wildman–Crippen MR) is 437 cm³/mol. The molecule has 0 aliphatic carbocycles. The fourth-order valence-electron chi connectivity index (χ4n) is 13.9. The van der Waals surface area contributed by atoms with Crippen molar-refractivity contribution in [1.82, 2.24) is 0 Å². The summed E-state index contributed by atoms with van der Waals surface area (Å²) < 4.78 is 34.9. The molecule has 9 nitrogen and oxygen atoms in total. The first-order valence-electron chi connectivity index (χ1n) is 44.7.